The lowest BCUT2D eigenvalue weighted by molar-refractivity contribution is 0.122. The van der Waals surface area contributed by atoms with Gasteiger partial charge >= 0.3 is 0 Å². The van der Waals surface area contributed by atoms with E-state index in [1.165, 1.54) is 31.3 Å². The van der Waals surface area contributed by atoms with Crippen LogP contribution >= 0.6 is 0 Å². The molecule has 0 amide bonds. The van der Waals surface area contributed by atoms with Crippen molar-refractivity contribution in [2.24, 2.45) is 11.8 Å². The molecule has 22 heavy (non-hydrogen) atoms. The van der Waals surface area contributed by atoms with Gasteiger partial charge in [0.05, 0.1) is 13.2 Å². The monoisotopic (exact) mass is 301 g/mol. The number of nitrogens with zero attached hydrogens (tertiary/aromatic N) is 3. The molecular weight excluding hydrogens is 274 g/mol. The molecule has 2 fully saturated rings. The molecule has 2 aliphatic rings. The van der Waals surface area contributed by atoms with Gasteiger partial charge in [0.1, 0.15) is 11.6 Å². The molecule has 3 rings (SSSR count). The molecule has 1 unspecified atom stereocenters. The average Bonchev–Trinajstić information content (AvgIpc) is 2.55. The van der Waals surface area contributed by atoms with Crippen molar-refractivity contribution in [1.82, 2.24) is 9.97 Å². The summed E-state index contributed by atoms with van der Waals surface area (Å²) in [4.78, 5) is 11.5. The second-order valence-electron chi connectivity index (χ2n) is 6.75. The Morgan fingerprint density at radius 1 is 1.32 bits per heavy atom. The van der Waals surface area contributed by atoms with Crippen molar-refractivity contribution in [2.75, 3.05) is 31.2 Å². The molecule has 4 heteroatoms. The molecular formula is C18H27N3O. The zero-order chi connectivity index (χ0) is 15.5. The number of aryl methyl sites for hydroxylation is 1. The molecule has 1 saturated carbocycles. The highest BCUT2D eigenvalue weighted by molar-refractivity contribution is 5.74. The lowest BCUT2D eigenvalue weighted by Crippen LogP contribution is -2.37. The summed E-state index contributed by atoms with van der Waals surface area (Å²) in [5, 5.41) is 0. The molecule has 1 saturated heterocycles. The van der Waals surface area contributed by atoms with Gasteiger partial charge in [-0.2, -0.15) is 0 Å². The van der Waals surface area contributed by atoms with Gasteiger partial charge < -0.3 is 9.64 Å². The number of anilines is 1. The summed E-state index contributed by atoms with van der Waals surface area (Å²) in [6, 6.07) is 0. The molecule has 0 bridgehead atoms. The van der Waals surface area contributed by atoms with Crippen molar-refractivity contribution in [1.29, 1.82) is 0 Å². The summed E-state index contributed by atoms with van der Waals surface area (Å²) < 4.78 is 5.47. The van der Waals surface area contributed by atoms with Gasteiger partial charge in [-0.1, -0.05) is 26.3 Å². The molecule has 0 spiro atoms. The smallest absolute Gasteiger partial charge is 0.140 e. The van der Waals surface area contributed by atoms with E-state index < -0.39 is 0 Å². The first-order valence-electron chi connectivity index (χ1n) is 8.50. The third-order valence-electron chi connectivity index (χ3n) is 4.97. The highest BCUT2D eigenvalue weighted by Crippen LogP contribution is 2.39. The van der Waals surface area contributed by atoms with Crippen molar-refractivity contribution < 1.29 is 4.74 Å². The number of allylic oxidation sites excluding steroid dienone is 1. The fourth-order valence-corrected chi connectivity index (χ4v) is 3.67. The standard InChI is InChI=1S/C18H27N3O/c1-13-5-4-6-16(11-13)14(2)17-12-19-15(3)20-18(17)21-7-9-22-10-8-21/h12-13,16H,2,4-11H2,1,3H3/t13?,16-/m1/s1. The molecule has 0 radical (unpaired) electrons. The van der Waals surface area contributed by atoms with Crippen LogP contribution in [-0.2, 0) is 4.74 Å². The Kier molecular flexibility index (Phi) is 4.77. The molecule has 2 heterocycles. The number of aromatic nitrogens is 2. The van der Waals surface area contributed by atoms with Gasteiger partial charge in [0.2, 0.25) is 0 Å². The van der Waals surface area contributed by atoms with E-state index in [1.807, 2.05) is 13.1 Å². The van der Waals surface area contributed by atoms with E-state index in [4.69, 9.17) is 9.72 Å². The second-order valence-corrected chi connectivity index (χ2v) is 6.75. The maximum absolute atomic E-state index is 5.47. The fraction of sp³-hybridized carbons (Fsp3) is 0.667. The highest BCUT2D eigenvalue weighted by atomic mass is 16.5. The van der Waals surface area contributed by atoms with Crippen LogP contribution in [0, 0.1) is 18.8 Å². The van der Waals surface area contributed by atoms with E-state index >= 15 is 0 Å². The van der Waals surface area contributed by atoms with Gasteiger partial charge in [-0.15, -0.1) is 0 Å². The van der Waals surface area contributed by atoms with E-state index in [2.05, 4.69) is 23.4 Å². The van der Waals surface area contributed by atoms with Gasteiger partial charge in [-0.05, 0) is 37.2 Å². The molecule has 2 atom stereocenters. The first-order chi connectivity index (χ1) is 10.6. The van der Waals surface area contributed by atoms with Gasteiger partial charge in [-0.25, -0.2) is 9.97 Å². The maximum atomic E-state index is 5.47. The largest absolute Gasteiger partial charge is 0.378 e. The van der Waals surface area contributed by atoms with Crippen LogP contribution in [0.3, 0.4) is 0 Å². The van der Waals surface area contributed by atoms with Crippen LogP contribution in [0.5, 0.6) is 0 Å². The summed E-state index contributed by atoms with van der Waals surface area (Å²) in [6.07, 6.45) is 7.14. The summed E-state index contributed by atoms with van der Waals surface area (Å²) >= 11 is 0. The topological polar surface area (TPSA) is 38.2 Å². The van der Waals surface area contributed by atoms with Gasteiger partial charge in [-0.3, -0.25) is 0 Å². The summed E-state index contributed by atoms with van der Waals surface area (Å²) in [5.74, 6) is 3.26. The Hall–Kier alpha value is -1.42. The summed E-state index contributed by atoms with van der Waals surface area (Å²) in [7, 11) is 0. The second kappa shape index (κ2) is 6.78. The maximum Gasteiger partial charge on any atom is 0.140 e. The first kappa shape index (κ1) is 15.5. The van der Waals surface area contributed by atoms with E-state index in [0.717, 1.165) is 49.4 Å². The van der Waals surface area contributed by atoms with Crippen molar-refractivity contribution in [3.05, 3.63) is 24.2 Å². The van der Waals surface area contributed by atoms with Crippen LogP contribution in [0.2, 0.25) is 0 Å². The molecule has 1 aromatic heterocycles. The highest BCUT2D eigenvalue weighted by Gasteiger charge is 2.26. The predicted molar refractivity (Wildman–Crippen MR) is 90.0 cm³/mol. The minimum Gasteiger partial charge on any atom is -0.378 e. The third kappa shape index (κ3) is 3.32. The van der Waals surface area contributed by atoms with E-state index in [0.29, 0.717) is 5.92 Å². The Labute approximate surface area is 133 Å². The van der Waals surface area contributed by atoms with Crippen LogP contribution in [0.4, 0.5) is 5.82 Å². The minimum atomic E-state index is 0.579. The number of morpholine rings is 1. The number of rotatable bonds is 3. The van der Waals surface area contributed by atoms with Crippen LogP contribution in [-0.4, -0.2) is 36.3 Å². The molecule has 1 aliphatic heterocycles. The zero-order valence-electron chi connectivity index (χ0n) is 13.8. The SMILES string of the molecule is C=C(c1cnc(C)nc1N1CCOCC1)[C@@H]1CCCC(C)C1. The molecule has 1 aromatic rings. The van der Waals surface area contributed by atoms with Crippen molar-refractivity contribution in [2.45, 2.75) is 39.5 Å². The van der Waals surface area contributed by atoms with Crippen molar-refractivity contribution in [3.63, 3.8) is 0 Å². The van der Waals surface area contributed by atoms with E-state index in [-0.39, 0.29) is 0 Å². The van der Waals surface area contributed by atoms with Crippen LogP contribution in [0.15, 0.2) is 12.8 Å². The molecule has 1 aliphatic carbocycles. The number of ether oxygens (including phenoxy) is 1. The zero-order valence-corrected chi connectivity index (χ0v) is 13.8. The lowest BCUT2D eigenvalue weighted by Gasteiger charge is -2.32. The Bertz CT molecular complexity index is 537. The predicted octanol–water partition coefficient (Wildman–Crippen LogP) is 3.46. The van der Waals surface area contributed by atoms with Gasteiger partial charge in [0.25, 0.3) is 0 Å². The number of hydrogen-bond acceptors (Lipinski definition) is 4. The quantitative estimate of drug-likeness (QED) is 0.857. The van der Waals surface area contributed by atoms with Crippen LogP contribution in [0.25, 0.3) is 5.57 Å². The Morgan fingerprint density at radius 2 is 2.09 bits per heavy atom. The molecule has 0 N–H and O–H groups in total. The lowest BCUT2D eigenvalue weighted by atomic mass is 9.77. The Morgan fingerprint density at radius 3 is 2.82 bits per heavy atom. The molecule has 4 nitrogen and oxygen atoms in total. The number of hydrogen-bond donors (Lipinski definition) is 0. The normalized spacial score (nSPS) is 26.0. The Balaban J connectivity index is 1.87. The third-order valence-corrected chi connectivity index (χ3v) is 4.97. The molecule has 0 aromatic carbocycles. The van der Waals surface area contributed by atoms with Gasteiger partial charge in [0, 0.05) is 24.8 Å². The first-order valence-corrected chi connectivity index (χ1v) is 8.50. The van der Waals surface area contributed by atoms with Crippen molar-refractivity contribution in [3.8, 4) is 0 Å². The summed E-state index contributed by atoms with van der Waals surface area (Å²) in [6.45, 7) is 12.1. The summed E-state index contributed by atoms with van der Waals surface area (Å²) in [5.41, 5.74) is 2.37. The van der Waals surface area contributed by atoms with Crippen LogP contribution < -0.4 is 4.90 Å². The van der Waals surface area contributed by atoms with Crippen LogP contribution in [0.1, 0.15) is 44.0 Å². The van der Waals surface area contributed by atoms with Crippen molar-refractivity contribution >= 4 is 11.4 Å². The minimum absolute atomic E-state index is 0.579. The van der Waals surface area contributed by atoms with E-state index in [1.54, 1.807) is 0 Å². The molecule has 120 valence electrons. The fourth-order valence-electron chi connectivity index (χ4n) is 3.67. The van der Waals surface area contributed by atoms with E-state index in [9.17, 15) is 0 Å². The van der Waals surface area contributed by atoms with Gasteiger partial charge in [0.15, 0.2) is 0 Å². The average molecular weight is 301 g/mol.